The van der Waals surface area contributed by atoms with Gasteiger partial charge in [-0.15, -0.1) is 34.3 Å². The minimum absolute atomic E-state index is 0.0382. The number of amides is 1. The highest BCUT2D eigenvalue weighted by Crippen LogP contribution is 2.14. The van der Waals surface area contributed by atoms with Crippen LogP contribution in [0, 0.1) is 0 Å². The molecule has 2 aromatic rings. The molecule has 2 aromatic heterocycles. The van der Waals surface area contributed by atoms with E-state index in [1.807, 2.05) is 11.6 Å². The molecule has 2 heterocycles. The first-order valence-corrected chi connectivity index (χ1v) is 8.13. The molecule has 7 heteroatoms. The van der Waals surface area contributed by atoms with Gasteiger partial charge in [0, 0.05) is 16.5 Å². The van der Waals surface area contributed by atoms with Crippen LogP contribution in [0.4, 0.5) is 0 Å². The number of halogens is 1. The number of nitrogens with zero attached hydrogens (tertiary/aromatic N) is 2. The number of aromatic nitrogens is 2. The van der Waals surface area contributed by atoms with Crippen LogP contribution >= 0.6 is 34.3 Å². The number of rotatable bonds is 6. The largest absolute Gasteiger partial charge is 0.349 e. The summed E-state index contributed by atoms with van der Waals surface area (Å²) in [7, 11) is 0. The Labute approximate surface area is 124 Å². The van der Waals surface area contributed by atoms with Gasteiger partial charge in [0.1, 0.15) is 10.0 Å². The second-order valence-corrected chi connectivity index (χ2v) is 6.30. The highest BCUT2D eigenvalue weighted by atomic mass is 35.5. The van der Waals surface area contributed by atoms with Crippen molar-refractivity contribution in [2.45, 2.75) is 32.2 Å². The lowest BCUT2D eigenvalue weighted by Gasteiger charge is -2.00. The van der Waals surface area contributed by atoms with E-state index in [2.05, 4.69) is 22.2 Å². The number of hydrogen-bond donors (Lipinski definition) is 1. The molecule has 0 aliphatic carbocycles. The van der Waals surface area contributed by atoms with Crippen molar-refractivity contribution in [2.24, 2.45) is 0 Å². The van der Waals surface area contributed by atoms with E-state index in [1.165, 1.54) is 16.2 Å². The first-order valence-electron chi connectivity index (χ1n) is 5.90. The first kappa shape index (κ1) is 14.4. The van der Waals surface area contributed by atoms with Gasteiger partial charge in [0.05, 0.1) is 24.5 Å². The molecule has 102 valence electrons. The van der Waals surface area contributed by atoms with Gasteiger partial charge in [-0.05, 0) is 6.42 Å². The Kier molecular flexibility index (Phi) is 5.30. The number of aryl methyl sites for hydroxylation is 1. The van der Waals surface area contributed by atoms with E-state index in [-0.39, 0.29) is 5.91 Å². The maximum Gasteiger partial charge on any atom is 0.227 e. The van der Waals surface area contributed by atoms with Gasteiger partial charge in [0.25, 0.3) is 0 Å². The van der Waals surface area contributed by atoms with Gasteiger partial charge in [0.15, 0.2) is 0 Å². The lowest BCUT2D eigenvalue weighted by molar-refractivity contribution is -0.120. The molecule has 0 saturated carbocycles. The van der Waals surface area contributed by atoms with Gasteiger partial charge in [-0.3, -0.25) is 4.79 Å². The molecule has 0 fully saturated rings. The molecule has 2 rings (SSSR count). The van der Waals surface area contributed by atoms with E-state index in [0.29, 0.717) is 18.8 Å². The summed E-state index contributed by atoms with van der Waals surface area (Å²) in [5.41, 5.74) is 0.821. The fourth-order valence-corrected chi connectivity index (χ4v) is 3.28. The zero-order valence-corrected chi connectivity index (χ0v) is 12.9. The second-order valence-electron chi connectivity index (χ2n) is 3.89. The fraction of sp³-hybridized carbons (Fsp3) is 0.417. The number of carbonyl (C=O) groups is 1. The number of nitrogens with one attached hydrogen (secondary N) is 1. The van der Waals surface area contributed by atoms with Crippen molar-refractivity contribution < 1.29 is 4.79 Å². The van der Waals surface area contributed by atoms with Crippen LogP contribution in [0.5, 0.6) is 0 Å². The Hall–Kier alpha value is -0.980. The molecule has 1 amide bonds. The lowest BCUT2D eigenvalue weighted by atomic mass is 10.4. The number of thiazole rings is 2. The van der Waals surface area contributed by atoms with E-state index in [1.54, 1.807) is 11.3 Å². The molecule has 0 spiro atoms. The van der Waals surface area contributed by atoms with Crippen molar-refractivity contribution in [2.75, 3.05) is 0 Å². The van der Waals surface area contributed by atoms with E-state index < -0.39 is 0 Å². The first-order chi connectivity index (χ1) is 9.21. The van der Waals surface area contributed by atoms with Crippen molar-refractivity contribution in [1.29, 1.82) is 0 Å². The summed E-state index contributed by atoms with van der Waals surface area (Å²) >= 11 is 8.77. The highest BCUT2D eigenvalue weighted by Gasteiger charge is 2.08. The predicted octanol–water partition coefficient (Wildman–Crippen LogP) is 2.76. The van der Waals surface area contributed by atoms with E-state index in [9.17, 15) is 4.79 Å². The Morgan fingerprint density at radius 3 is 2.95 bits per heavy atom. The fourth-order valence-electron chi connectivity index (χ4n) is 1.46. The zero-order chi connectivity index (χ0) is 13.7. The van der Waals surface area contributed by atoms with Crippen molar-refractivity contribution >= 4 is 40.2 Å². The topological polar surface area (TPSA) is 54.9 Å². The molecule has 0 aliphatic heterocycles. The van der Waals surface area contributed by atoms with Gasteiger partial charge in [0.2, 0.25) is 5.91 Å². The zero-order valence-electron chi connectivity index (χ0n) is 10.5. The normalized spacial score (nSPS) is 10.6. The minimum Gasteiger partial charge on any atom is -0.349 e. The van der Waals surface area contributed by atoms with Crippen LogP contribution in [-0.2, 0) is 30.1 Å². The van der Waals surface area contributed by atoms with Gasteiger partial charge in [-0.2, -0.15) is 0 Å². The molecule has 0 aliphatic rings. The van der Waals surface area contributed by atoms with Crippen LogP contribution < -0.4 is 5.32 Å². The summed E-state index contributed by atoms with van der Waals surface area (Å²) in [4.78, 5) is 21.5. The van der Waals surface area contributed by atoms with Crippen molar-refractivity contribution in [1.82, 2.24) is 15.3 Å². The molecule has 0 saturated heterocycles. The van der Waals surface area contributed by atoms with Crippen LogP contribution in [0.2, 0.25) is 0 Å². The van der Waals surface area contributed by atoms with E-state index in [0.717, 1.165) is 22.1 Å². The van der Waals surface area contributed by atoms with Crippen molar-refractivity contribution in [3.8, 4) is 0 Å². The number of alkyl halides is 1. The van der Waals surface area contributed by atoms with Crippen LogP contribution in [0.3, 0.4) is 0 Å². The van der Waals surface area contributed by atoms with Crippen LogP contribution in [0.25, 0.3) is 0 Å². The highest BCUT2D eigenvalue weighted by molar-refractivity contribution is 7.11. The van der Waals surface area contributed by atoms with Crippen molar-refractivity contribution in [3.63, 3.8) is 0 Å². The lowest BCUT2D eigenvalue weighted by Crippen LogP contribution is -2.24. The molecule has 1 N–H and O–H groups in total. The number of hydrogen-bond acceptors (Lipinski definition) is 5. The second kappa shape index (κ2) is 6.98. The average Bonchev–Trinajstić information content (AvgIpc) is 3.04. The molecule has 0 aromatic carbocycles. The predicted molar refractivity (Wildman–Crippen MR) is 78.7 cm³/mol. The van der Waals surface area contributed by atoms with E-state index in [4.69, 9.17) is 11.6 Å². The van der Waals surface area contributed by atoms with Gasteiger partial charge < -0.3 is 5.32 Å². The Morgan fingerprint density at radius 2 is 2.32 bits per heavy atom. The third kappa shape index (κ3) is 4.26. The Morgan fingerprint density at radius 1 is 1.47 bits per heavy atom. The summed E-state index contributed by atoms with van der Waals surface area (Å²) in [5, 5.41) is 6.46. The Bertz CT molecular complexity index is 553. The maximum absolute atomic E-state index is 11.8. The SMILES string of the molecule is CCc1cnc(CNC(=O)Cc2nc(CCl)cs2)s1. The molecular weight excluding hydrogens is 302 g/mol. The molecule has 4 nitrogen and oxygen atoms in total. The summed E-state index contributed by atoms with van der Waals surface area (Å²) in [6.07, 6.45) is 3.14. The average molecular weight is 316 g/mol. The van der Waals surface area contributed by atoms with Gasteiger partial charge in [-0.1, -0.05) is 6.92 Å². The quantitative estimate of drug-likeness (QED) is 0.834. The maximum atomic E-state index is 11.8. The van der Waals surface area contributed by atoms with E-state index >= 15 is 0 Å². The number of carbonyl (C=O) groups excluding carboxylic acids is 1. The third-order valence-electron chi connectivity index (χ3n) is 2.43. The van der Waals surface area contributed by atoms with Crippen LogP contribution in [-0.4, -0.2) is 15.9 Å². The molecule has 0 bridgehead atoms. The third-order valence-corrected chi connectivity index (χ3v) is 4.75. The monoisotopic (exact) mass is 315 g/mol. The van der Waals surface area contributed by atoms with Crippen molar-refractivity contribution in [3.05, 3.63) is 32.2 Å². The smallest absolute Gasteiger partial charge is 0.227 e. The molecule has 0 radical (unpaired) electrons. The van der Waals surface area contributed by atoms with Crippen LogP contribution in [0.15, 0.2) is 11.6 Å². The summed E-state index contributed by atoms with van der Waals surface area (Å²) < 4.78 is 0. The molecule has 0 unspecified atom stereocenters. The summed E-state index contributed by atoms with van der Waals surface area (Å²) in [5.74, 6) is 0.348. The summed E-state index contributed by atoms with van der Waals surface area (Å²) in [6, 6.07) is 0. The van der Waals surface area contributed by atoms with Gasteiger partial charge >= 0.3 is 0 Å². The molecule has 0 atom stereocenters. The minimum atomic E-state index is -0.0382. The Balaban J connectivity index is 1.81. The van der Waals surface area contributed by atoms with Crippen LogP contribution in [0.1, 0.15) is 27.5 Å². The summed E-state index contributed by atoms with van der Waals surface area (Å²) in [6.45, 7) is 2.57. The standard InChI is InChI=1S/C12H14ClN3OS2/c1-2-9-5-15-12(19-9)6-14-10(17)3-11-16-8(4-13)7-18-11/h5,7H,2-4,6H2,1H3,(H,14,17). The molecule has 19 heavy (non-hydrogen) atoms. The molecular formula is C12H14ClN3OS2. The van der Waals surface area contributed by atoms with Gasteiger partial charge in [-0.25, -0.2) is 9.97 Å².